The number of amides is 2. The predicted molar refractivity (Wildman–Crippen MR) is 127 cm³/mol. The summed E-state index contributed by atoms with van der Waals surface area (Å²) in [6, 6.07) is 5.54. The predicted octanol–water partition coefficient (Wildman–Crippen LogP) is 7.49. The van der Waals surface area contributed by atoms with Crippen molar-refractivity contribution < 1.29 is 45.4 Å². The van der Waals surface area contributed by atoms with Gasteiger partial charge in [0, 0.05) is 13.1 Å². The molecular weight excluding hydrogens is 518 g/mol. The number of aryl methyl sites for hydroxylation is 1. The van der Waals surface area contributed by atoms with Crippen LogP contribution in [0, 0.1) is 6.92 Å². The maximum atomic E-state index is 13.4. The van der Waals surface area contributed by atoms with Gasteiger partial charge >= 0.3 is 24.5 Å². The summed E-state index contributed by atoms with van der Waals surface area (Å²) in [6.07, 6.45) is -11.4. The maximum Gasteiger partial charge on any atom is 0.416 e. The zero-order valence-electron chi connectivity index (χ0n) is 21.2. The van der Waals surface area contributed by atoms with E-state index in [0.29, 0.717) is 29.8 Å². The molecule has 1 unspecified atom stereocenters. The van der Waals surface area contributed by atoms with Gasteiger partial charge in [-0.2, -0.15) is 26.3 Å². The van der Waals surface area contributed by atoms with Crippen molar-refractivity contribution >= 4 is 17.9 Å². The molecule has 2 aromatic rings. The van der Waals surface area contributed by atoms with Crippen LogP contribution in [0.4, 0.5) is 41.6 Å². The van der Waals surface area contributed by atoms with Gasteiger partial charge in [-0.1, -0.05) is 12.1 Å². The molecule has 1 atom stereocenters. The Morgan fingerprint density at radius 2 is 1.63 bits per heavy atom. The highest BCUT2D eigenvalue weighted by atomic mass is 19.4. The Hall–Kier alpha value is -3.44. The van der Waals surface area contributed by atoms with Gasteiger partial charge in [-0.3, -0.25) is 9.80 Å². The maximum absolute atomic E-state index is 13.4. The highest BCUT2D eigenvalue weighted by Crippen LogP contribution is 2.40. The van der Waals surface area contributed by atoms with Crippen molar-refractivity contribution in [2.45, 2.75) is 64.7 Å². The number of halogens is 6. The Kier molecular flexibility index (Phi) is 8.52. The second-order valence-electron chi connectivity index (χ2n) is 9.32. The van der Waals surface area contributed by atoms with Crippen LogP contribution in [0.25, 0.3) is 0 Å². The number of rotatable bonds is 4. The number of nitrogens with zero attached hydrogens (tertiary/aromatic N) is 2. The Bertz CT molecular complexity index is 1150. The third kappa shape index (κ3) is 6.70. The van der Waals surface area contributed by atoms with Gasteiger partial charge in [0.2, 0.25) is 0 Å². The number of anilines is 1. The third-order valence-electron chi connectivity index (χ3n) is 6.04. The summed E-state index contributed by atoms with van der Waals surface area (Å²) < 4.78 is 90.8. The lowest BCUT2D eigenvalue weighted by Crippen LogP contribution is -2.35. The molecule has 0 fully saturated rings. The molecule has 0 aliphatic carbocycles. The number of fused-ring (bicyclic) bond motifs is 1. The molecule has 0 saturated heterocycles. The van der Waals surface area contributed by atoms with Crippen LogP contribution in [0.5, 0.6) is 0 Å². The lowest BCUT2D eigenvalue weighted by Gasteiger charge is -2.32. The fraction of sp³-hybridized carbons (Fsp3) is 0.462. The Balaban J connectivity index is 2.11. The minimum atomic E-state index is -5.03. The average Bonchev–Trinajstić information content (AvgIpc) is 2.99. The Labute approximate surface area is 216 Å². The summed E-state index contributed by atoms with van der Waals surface area (Å²) in [4.78, 5) is 28.2. The average molecular weight is 547 g/mol. The number of benzene rings is 2. The molecular formula is C26H28F6N2O4. The van der Waals surface area contributed by atoms with Gasteiger partial charge < -0.3 is 9.47 Å². The molecule has 3 rings (SSSR count). The molecule has 208 valence electrons. The first kappa shape index (κ1) is 29.1. The van der Waals surface area contributed by atoms with Crippen molar-refractivity contribution in [3.05, 3.63) is 64.2 Å². The molecule has 1 aliphatic heterocycles. The minimum Gasteiger partial charge on any atom is -0.453 e. The van der Waals surface area contributed by atoms with Gasteiger partial charge in [0.05, 0.1) is 36.1 Å². The zero-order chi connectivity index (χ0) is 28.4. The third-order valence-corrected chi connectivity index (χ3v) is 6.04. The van der Waals surface area contributed by atoms with E-state index < -0.39 is 54.4 Å². The van der Waals surface area contributed by atoms with Crippen LogP contribution >= 0.6 is 0 Å². The van der Waals surface area contributed by atoms with Gasteiger partial charge in [-0.05, 0) is 74.6 Å². The first-order valence-electron chi connectivity index (χ1n) is 11.8. The molecule has 0 N–H and O–H groups in total. The van der Waals surface area contributed by atoms with E-state index in [2.05, 4.69) is 0 Å². The first-order valence-corrected chi connectivity index (χ1v) is 11.8. The summed E-state index contributed by atoms with van der Waals surface area (Å²) in [5.74, 6) is 0. The first-order chi connectivity index (χ1) is 17.6. The van der Waals surface area contributed by atoms with Crippen molar-refractivity contribution in [2.24, 2.45) is 0 Å². The van der Waals surface area contributed by atoms with Gasteiger partial charge in [-0.15, -0.1) is 0 Å². The van der Waals surface area contributed by atoms with Gasteiger partial charge in [0.1, 0.15) is 0 Å². The van der Waals surface area contributed by atoms with Crippen LogP contribution in [0.15, 0.2) is 36.4 Å². The molecule has 0 radical (unpaired) electrons. The normalized spacial score (nSPS) is 16.1. The Morgan fingerprint density at radius 3 is 2.16 bits per heavy atom. The van der Waals surface area contributed by atoms with Crippen LogP contribution in [-0.4, -0.2) is 36.8 Å². The number of carbonyl (C=O) groups is 2. The van der Waals surface area contributed by atoms with Crippen LogP contribution in [0.2, 0.25) is 0 Å². The van der Waals surface area contributed by atoms with E-state index >= 15 is 0 Å². The van der Waals surface area contributed by atoms with Crippen LogP contribution in [0.1, 0.15) is 60.5 Å². The second kappa shape index (κ2) is 11.1. The molecule has 2 aromatic carbocycles. The molecule has 38 heavy (non-hydrogen) atoms. The van der Waals surface area contributed by atoms with E-state index in [9.17, 15) is 35.9 Å². The van der Waals surface area contributed by atoms with E-state index in [0.717, 1.165) is 17.6 Å². The van der Waals surface area contributed by atoms with E-state index in [-0.39, 0.29) is 24.6 Å². The van der Waals surface area contributed by atoms with E-state index in [1.165, 1.54) is 4.90 Å². The molecule has 0 bridgehead atoms. The van der Waals surface area contributed by atoms with Gasteiger partial charge in [0.25, 0.3) is 0 Å². The van der Waals surface area contributed by atoms with Crippen molar-refractivity contribution in [3.63, 3.8) is 0 Å². The van der Waals surface area contributed by atoms with Crippen LogP contribution in [0.3, 0.4) is 0 Å². The smallest absolute Gasteiger partial charge is 0.416 e. The highest BCUT2D eigenvalue weighted by Gasteiger charge is 2.38. The molecule has 1 heterocycles. The molecule has 1 aliphatic rings. The van der Waals surface area contributed by atoms with Crippen LogP contribution < -0.4 is 4.90 Å². The largest absolute Gasteiger partial charge is 0.453 e. The van der Waals surface area contributed by atoms with Crippen LogP contribution in [-0.2, 0) is 28.4 Å². The van der Waals surface area contributed by atoms with Gasteiger partial charge in [-0.25, -0.2) is 9.59 Å². The Morgan fingerprint density at radius 1 is 1.03 bits per heavy atom. The van der Waals surface area contributed by atoms with Crippen molar-refractivity contribution in [1.82, 2.24) is 4.90 Å². The minimum absolute atomic E-state index is 0.0356. The number of ether oxygens (including phenoxy) is 2. The highest BCUT2D eigenvalue weighted by molar-refractivity contribution is 5.89. The van der Waals surface area contributed by atoms with Crippen molar-refractivity contribution in [1.29, 1.82) is 0 Å². The summed E-state index contributed by atoms with van der Waals surface area (Å²) in [7, 11) is 1.07. The standard InChI is InChI=1S/C26H28F6N2O4/c1-15(2)38-24(36)33-9-5-6-21(20-8-7-16(3)10-22(20)33)34(23(35)37-4)14-17-11-18(25(27,28)29)13-19(12-17)26(30,31)32/h7-8,10-13,15,21H,5-6,9,14H2,1-4H3. The molecule has 6 nitrogen and oxygen atoms in total. The molecule has 0 spiro atoms. The topological polar surface area (TPSA) is 59.1 Å². The molecule has 0 aromatic heterocycles. The van der Waals surface area contributed by atoms with E-state index in [4.69, 9.17) is 9.47 Å². The quantitative estimate of drug-likeness (QED) is 0.373. The molecule has 2 amide bonds. The number of carbonyl (C=O) groups excluding carboxylic acids is 2. The fourth-order valence-electron chi connectivity index (χ4n) is 4.39. The summed E-state index contributed by atoms with van der Waals surface area (Å²) >= 11 is 0. The van der Waals surface area contributed by atoms with Crippen molar-refractivity contribution in [2.75, 3.05) is 18.6 Å². The lowest BCUT2D eigenvalue weighted by molar-refractivity contribution is -0.143. The summed E-state index contributed by atoms with van der Waals surface area (Å²) in [5.41, 5.74) is -1.61. The summed E-state index contributed by atoms with van der Waals surface area (Å²) in [6.45, 7) is 4.83. The molecule has 12 heteroatoms. The summed E-state index contributed by atoms with van der Waals surface area (Å²) in [5, 5.41) is 0. The SMILES string of the molecule is COC(=O)N(Cc1cc(C(F)(F)F)cc(C(F)(F)F)c1)C1CCCN(C(=O)OC(C)C)c2cc(C)ccc21. The lowest BCUT2D eigenvalue weighted by atomic mass is 9.97. The van der Waals surface area contributed by atoms with E-state index in [1.54, 1.807) is 39.0 Å². The van der Waals surface area contributed by atoms with Crippen molar-refractivity contribution in [3.8, 4) is 0 Å². The number of hydrogen-bond acceptors (Lipinski definition) is 4. The number of methoxy groups -OCH3 is 1. The zero-order valence-corrected chi connectivity index (χ0v) is 21.2. The number of alkyl halides is 6. The van der Waals surface area contributed by atoms with E-state index in [1.807, 2.05) is 0 Å². The van der Waals surface area contributed by atoms with Gasteiger partial charge in [0.15, 0.2) is 0 Å². The number of hydrogen-bond donors (Lipinski definition) is 0. The monoisotopic (exact) mass is 546 g/mol. The second-order valence-corrected chi connectivity index (χ2v) is 9.32. The fourth-order valence-corrected chi connectivity index (χ4v) is 4.39. The molecule has 0 saturated carbocycles.